The molecule has 0 aromatic heterocycles. The topological polar surface area (TPSA) is 49.4 Å². The van der Waals surface area contributed by atoms with Gasteiger partial charge in [-0.1, -0.05) is 51.1 Å². The second-order valence-corrected chi connectivity index (χ2v) is 5.58. The van der Waals surface area contributed by atoms with Crippen molar-refractivity contribution in [2.45, 2.75) is 51.6 Å². The van der Waals surface area contributed by atoms with Crippen LogP contribution in [0.1, 0.15) is 51.6 Å². The summed E-state index contributed by atoms with van der Waals surface area (Å²) in [4.78, 5) is 26.8. The summed E-state index contributed by atoms with van der Waals surface area (Å²) in [6.07, 6.45) is 2.55. The van der Waals surface area contributed by atoms with Crippen molar-refractivity contribution in [3.05, 3.63) is 35.9 Å². The number of nitrogens with zero attached hydrogens (tertiary/aromatic N) is 1. The number of rotatable bonds is 5. The van der Waals surface area contributed by atoms with Crippen LogP contribution in [-0.2, 0) is 9.59 Å². The van der Waals surface area contributed by atoms with Crippen LogP contribution in [0.2, 0.25) is 0 Å². The highest BCUT2D eigenvalue weighted by Crippen LogP contribution is 2.37. The Bertz CT molecular complexity index is 501. The van der Waals surface area contributed by atoms with Gasteiger partial charge in [-0.15, -0.1) is 0 Å². The van der Waals surface area contributed by atoms with Crippen LogP contribution in [0.5, 0.6) is 0 Å². The fourth-order valence-electron chi connectivity index (χ4n) is 3.34. The molecule has 1 aromatic carbocycles. The van der Waals surface area contributed by atoms with Gasteiger partial charge < -0.3 is 10.2 Å². The van der Waals surface area contributed by atoms with Gasteiger partial charge in [0.1, 0.15) is 6.04 Å². The van der Waals surface area contributed by atoms with Crippen LogP contribution in [0.25, 0.3) is 0 Å². The summed E-state index contributed by atoms with van der Waals surface area (Å²) in [7, 11) is 0. The number of hydrogen-bond acceptors (Lipinski definition) is 2. The number of piperazine rings is 1. The van der Waals surface area contributed by atoms with E-state index in [9.17, 15) is 9.59 Å². The van der Waals surface area contributed by atoms with Crippen LogP contribution < -0.4 is 5.32 Å². The third kappa shape index (κ3) is 2.67. The number of amides is 2. The Hall–Kier alpha value is -1.84. The van der Waals surface area contributed by atoms with Crippen molar-refractivity contribution < 1.29 is 9.59 Å². The van der Waals surface area contributed by atoms with Crippen LogP contribution in [0.15, 0.2) is 30.3 Å². The maximum absolute atomic E-state index is 12.6. The molecule has 0 spiro atoms. The Morgan fingerprint density at radius 2 is 1.67 bits per heavy atom. The van der Waals surface area contributed by atoms with E-state index in [1.165, 1.54) is 0 Å². The SMILES string of the molecule is CCC(CC)(CC)N1C(=O)CNC(=O)C1c1ccccc1. The molecule has 0 bridgehead atoms. The minimum absolute atomic E-state index is 0.00834. The molecule has 1 fully saturated rings. The van der Waals surface area contributed by atoms with E-state index in [0.29, 0.717) is 0 Å². The van der Waals surface area contributed by atoms with Gasteiger partial charge in [-0.05, 0) is 24.8 Å². The molecule has 1 unspecified atom stereocenters. The molecule has 1 N–H and O–H groups in total. The maximum atomic E-state index is 12.6. The molecule has 2 amide bonds. The fourth-order valence-corrected chi connectivity index (χ4v) is 3.34. The standard InChI is InChI=1S/C17H24N2O2/c1-4-17(5-2,6-3)19-14(20)12-18-16(21)15(19)13-10-8-7-9-11-13/h7-11,15H,4-6,12H2,1-3H3,(H,18,21). The van der Waals surface area contributed by atoms with Gasteiger partial charge in [-0.2, -0.15) is 0 Å². The van der Waals surface area contributed by atoms with Gasteiger partial charge in [0.15, 0.2) is 0 Å². The summed E-state index contributed by atoms with van der Waals surface area (Å²) in [5, 5.41) is 2.72. The highest BCUT2D eigenvalue weighted by molar-refractivity contribution is 5.96. The maximum Gasteiger partial charge on any atom is 0.247 e. The van der Waals surface area contributed by atoms with Crippen LogP contribution in [0.3, 0.4) is 0 Å². The number of nitrogens with one attached hydrogen (secondary N) is 1. The van der Waals surface area contributed by atoms with E-state index in [1.807, 2.05) is 35.2 Å². The quantitative estimate of drug-likeness (QED) is 0.905. The van der Waals surface area contributed by atoms with E-state index in [-0.39, 0.29) is 23.9 Å². The van der Waals surface area contributed by atoms with Crippen molar-refractivity contribution in [1.29, 1.82) is 0 Å². The molecule has 21 heavy (non-hydrogen) atoms. The van der Waals surface area contributed by atoms with Gasteiger partial charge in [0.2, 0.25) is 11.8 Å². The van der Waals surface area contributed by atoms with Gasteiger partial charge in [-0.25, -0.2) is 0 Å². The molecule has 1 heterocycles. The molecule has 4 heteroatoms. The molecule has 1 aromatic rings. The Morgan fingerprint density at radius 1 is 1.10 bits per heavy atom. The summed E-state index contributed by atoms with van der Waals surface area (Å²) < 4.78 is 0. The van der Waals surface area contributed by atoms with Gasteiger partial charge >= 0.3 is 0 Å². The monoisotopic (exact) mass is 288 g/mol. The molecule has 1 aliphatic heterocycles. The summed E-state index contributed by atoms with van der Waals surface area (Å²) in [5.74, 6) is -0.0745. The minimum Gasteiger partial charge on any atom is -0.345 e. The van der Waals surface area contributed by atoms with Crippen molar-refractivity contribution in [3.63, 3.8) is 0 Å². The van der Waals surface area contributed by atoms with Crippen molar-refractivity contribution in [1.82, 2.24) is 10.2 Å². The first kappa shape index (κ1) is 15.5. The lowest BCUT2D eigenvalue weighted by atomic mass is 9.84. The van der Waals surface area contributed by atoms with Crippen molar-refractivity contribution in [3.8, 4) is 0 Å². The Morgan fingerprint density at radius 3 is 2.19 bits per heavy atom. The van der Waals surface area contributed by atoms with Crippen LogP contribution in [0.4, 0.5) is 0 Å². The Kier molecular flexibility index (Phi) is 4.66. The lowest BCUT2D eigenvalue weighted by Gasteiger charge is -2.48. The second kappa shape index (κ2) is 6.29. The third-order valence-electron chi connectivity index (χ3n) is 4.79. The summed E-state index contributed by atoms with van der Waals surface area (Å²) in [6.45, 7) is 6.38. The summed E-state index contributed by atoms with van der Waals surface area (Å²) in [6, 6.07) is 9.05. The zero-order chi connectivity index (χ0) is 15.5. The van der Waals surface area contributed by atoms with Crippen molar-refractivity contribution in [2.75, 3.05) is 6.54 Å². The summed E-state index contributed by atoms with van der Waals surface area (Å²) in [5.41, 5.74) is 0.623. The molecule has 4 nitrogen and oxygen atoms in total. The van der Waals surface area contributed by atoms with Crippen LogP contribution >= 0.6 is 0 Å². The highest BCUT2D eigenvalue weighted by Gasteiger charge is 2.45. The van der Waals surface area contributed by atoms with E-state index in [0.717, 1.165) is 24.8 Å². The normalized spacial score (nSPS) is 19.6. The smallest absolute Gasteiger partial charge is 0.247 e. The third-order valence-corrected chi connectivity index (χ3v) is 4.79. The highest BCUT2D eigenvalue weighted by atomic mass is 16.2. The van der Waals surface area contributed by atoms with Crippen molar-refractivity contribution >= 4 is 11.8 Å². The number of carbonyl (C=O) groups is 2. The van der Waals surface area contributed by atoms with Gasteiger partial charge in [0.05, 0.1) is 6.54 Å². The predicted molar refractivity (Wildman–Crippen MR) is 82.6 cm³/mol. The lowest BCUT2D eigenvalue weighted by Crippen LogP contribution is -2.62. The minimum atomic E-state index is -0.521. The van der Waals surface area contributed by atoms with Crippen molar-refractivity contribution in [2.24, 2.45) is 0 Å². The first-order chi connectivity index (χ1) is 10.1. The first-order valence-corrected chi connectivity index (χ1v) is 7.74. The average Bonchev–Trinajstić information content (AvgIpc) is 2.53. The lowest BCUT2D eigenvalue weighted by molar-refractivity contribution is -0.154. The largest absolute Gasteiger partial charge is 0.345 e. The van der Waals surface area contributed by atoms with Gasteiger partial charge in [0.25, 0.3) is 0 Å². The Balaban J connectivity index is 2.51. The molecule has 0 saturated carbocycles. The molecule has 1 aliphatic rings. The number of carbonyl (C=O) groups excluding carboxylic acids is 2. The predicted octanol–water partition coefficient (Wildman–Crippen LogP) is 2.65. The molecule has 2 rings (SSSR count). The Labute approximate surface area is 126 Å². The van der Waals surface area contributed by atoms with E-state index in [4.69, 9.17) is 0 Å². The number of benzene rings is 1. The van der Waals surface area contributed by atoms with E-state index in [2.05, 4.69) is 26.1 Å². The van der Waals surface area contributed by atoms with E-state index >= 15 is 0 Å². The molecule has 1 saturated heterocycles. The van der Waals surface area contributed by atoms with E-state index < -0.39 is 6.04 Å². The zero-order valence-electron chi connectivity index (χ0n) is 13.1. The fraction of sp³-hybridized carbons (Fsp3) is 0.529. The zero-order valence-corrected chi connectivity index (χ0v) is 13.1. The van der Waals surface area contributed by atoms with Gasteiger partial charge in [0, 0.05) is 5.54 Å². The first-order valence-electron chi connectivity index (χ1n) is 7.74. The summed E-state index contributed by atoms with van der Waals surface area (Å²) >= 11 is 0. The molecule has 114 valence electrons. The van der Waals surface area contributed by atoms with Crippen LogP contribution in [-0.4, -0.2) is 28.8 Å². The molecular weight excluding hydrogens is 264 g/mol. The molecule has 0 radical (unpaired) electrons. The second-order valence-electron chi connectivity index (χ2n) is 5.58. The molecular formula is C17H24N2O2. The average molecular weight is 288 g/mol. The van der Waals surface area contributed by atoms with Gasteiger partial charge in [-0.3, -0.25) is 9.59 Å². The number of hydrogen-bond donors (Lipinski definition) is 1. The molecule has 0 aliphatic carbocycles. The molecule has 1 atom stereocenters. The van der Waals surface area contributed by atoms with E-state index in [1.54, 1.807) is 0 Å². The van der Waals surface area contributed by atoms with Crippen LogP contribution in [0, 0.1) is 0 Å².